The van der Waals surface area contributed by atoms with E-state index in [0.29, 0.717) is 5.13 Å². The Hall–Kier alpha value is -3.74. The Morgan fingerprint density at radius 3 is 2.53 bits per heavy atom. The molecule has 0 atom stereocenters. The highest BCUT2D eigenvalue weighted by Crippen LogP contribution is 2.26. The number of anilines is 1. The van der Waals surface area contributed by atoms with Crippen molar-refractivity contribution in [3.05, 3.63) is 78.1 Å². The van der Waals surface area contributed by atoms with Gasteiger partial charge in [0.2, 0.25) is 14.9 Å². The van der Waals surface area contributed by atoms with Crippen molar-refractivity contribution in [2.45, 2.75) is 9.99 Å². The molecule has 2 aromatic carbocycles. The van der Waals surface area contributed by atoms with Gasteiger partial charge in [-0.2, -0.15) is 5.26 Å². The van der Waals surface area contributed by atoms with Crippen molar-refractivity contribution in [1.82, 2.24) is 4.98 Å². The summed E-state index contributed by atoms with van der Waals surface area (Å²) in [5.74, 6) is -0.596. The topological polar surface area (TPSA) is 113 Å². The van der Waals surface area contributed by atoms with Crippen LogP contribution in [-0.4, -0.2) is 19.3 Å². The number of carbonyl (C=O) groups excluding carboxylic acids is 1. The molecule has 0 aliphatic heterocycles. The van der Waals surface area contributed by atoms with Gasteiger partial charge in [-0.15, -0.1) is 0 Å². The Balaban J connectivity index is 1.57. The molecule has 1 N–H and O–H groups in total. The first-order valence-corrected chi connectivity index (χ1v) is 11.0. The lowest BCUT2D eigenvalue weighted by Crippen LogP contribution is -2.13. The maximum Gasteiger partial charge on any atom is 0.268 e. The van der Waals surface area contributed by atoms with Crippen LogP contribution in [0.15, 0.2) is 86.7 Å². The van der Waals surface area contributed by atoms with Crippen molar-refractivity contribution < 1.29 is 17.6 Å². The number of thiazole rings is 1. The number of aromatic nitrogens is 1. The van der Waals surface area contributed by atoms with E-state index in [-0.39, 0.29) is 21.3 Å². The molecule has 4 rings (SSSR count). The van der Waals surface area contributed by atoms with Gasteiger partial charge in [0, 0.05) is 6.08 Å². The summed E-state index contributed by atoms with van der Waals surface area (Å²) in [4.78, 5) is 16.8. The van der Waals surface area contributed by atoms with Crippen molar-refractivity contribution >= 4 is 48.5 Å². The number of para-hydroxylation sites is 1. The normalized spacial score (nSPS) is 11.9. The molecule has 7 nitrogen and oxygen atoms in total. The molecule has 30 heavy (non-hydrogen) atoms. The van der Waals surface area contributed by atoms with Gasteiger partial charge in [0.25, 0.3) is 5.91 Å². The number of nitrogens with zero attached hydrogens (tertiary/aromatic N) is 2. The summed E-state index contributed by atoms with van der Waals surface area (Å²) >= 11 is 1.28. The zero-order chi connectivity index (χ0) is 21.1. The van der Waals surface area contributed by atoms with Gasteiger partial charge in [0.05, 0.1) is 15.1 Å². The second-order valence-corrected chi connectivity index (χ2v) is 9.00. The van der Waals surface area contributed by atoms with Crippen LogP contribution in [0.25, 0.3) is 16.3 Å². The van der Waals surface area contributed by atoms with Gasteiger partial charge in [-0.05, 0) is 36.4 Å². The van der Waals surface area contributed by atoms with Crippen LogP contribution in [-0.2, 0) is 14.6 Å². The molecule has 0 aliphatic carbocycles. The Labute approximate surface area is 175 Å². The molecular formula is C21H13N3O4S2. The highest BCUT2D eigenvalue weighted by molar-refractivity contribution is 7.91. The number of amides is 1. The molecule has 4 aromatic rings. The lowest BCUT2D eigenvalue weighted by atomic mass is 10.2. The number of nitrogens with one attached hydrogen (secondary N) is 1. The molecule has 2 heterocycles. The van der Waals surface area contributed by atoms with E-state index in [1.165, 1.54) is 41.7 Å². The van der Waals surface area contributed by atoms with Crippen LogP contribution in [0.2, 0.25) is 0 Å². The number of rotatable bonds is 5. The van der Waals surface area contributed by atoms with E-state index in [1.807, 2.05) is 24.3 Å². The number of carbonyl (C=O) groups is 1. The molecule has 0 fully saturated rings. The summed E-state index contributed by atoms with van der Waals surface area (Å²) in [5.41, 5.74) is 0.495. The summed E-state index contributed by atoms with van der Waals surface area (Å²) in [5, 5.41) is 12.0. The first-order valence-electron chi connectivity index (χ1n) is 8.66. The maximum absolute atomic E-state index is 12.6. The zero-order valence-corrected chi connectivity index (χ0v) is 16.9. The van der Waals surface area contributed by atoms with Crippen molar-refractivity contribution in [1.29, 1.82) is 5.26 Å². The molecule has 2 aromatic heterocycles. The average molecular weight is 435 g/mol. The van der Waals surface area contributed by atoms with E-state index < -0.39 is 15.7 Å². The third-order valence-electron chi connectivity index (χ3n) is 4.09. The Kier molecular flexibility index (Phi) is 5.18. The molecule has 0 unspecified atom stereocenters. The third kappa shape index (κ3) is 3.87. The van der Waals surface area contributed by atoms with Crippen molar-refractivity contribution in [3.8, 4) is 6.07 Å². The summed E-state index contributed by atoms with van der Waals surface area (Å²) in [6.07, 6.45) is 1.19. The molecule has 0 saturated carbocycles. The average Bonchev–Trinajstić information content (AvgIpc) is 3.39. The number of nitriles is 1. The fourth-order valence-corrected chi connectivity index (χ4v) is 4.71. The first-order chi connectivity index (χ1) is 14.5. The minimum atomic E-state index is -3.83. The highest BCUT2D eigenvalue weighted by Gasteiger charge is 2.21. The van der Waals surface area contributed by atoms with Gasteiger partial charge < -0.3 is 4.42 Å². The van der Waals surface area contributed by atoms with Gasteiger partial charge in [-0.25, -0.2) is 13.4 Å². The standard InChI is InChI=1S/C21H13N3O4S2/c22-13-14(20(25)24-21-23-17-8-4-5-9-18(17)29-21)12-15-10-11-19(28-15)30(26,27)16-6-2-1-3-7-16/h1-12H,(H,23,24,25)/b14-12+. The van der Waals surface area contributed by atoms with E-state index in [4.69, 9.17) is 4.42 Å². The third-order valence-corrected chi connectivity index (χ3v) is 6.68. The molecule has 0 aliphatic rings. The molecular weight excluding hydrogens is 422 g/mol. The van der Waals surface area contributed by atoms with Crippen molar-refractivity contribution in [2.24, 2.45) is 0 Å². The number of sulfone groups is 1. The summed E-state index contributed by atoms with van der Waals surface area (Å²) < 4.78 is 31.5. The Morgan fingerprint density at radius 1 is 1.07 bits per heavy atom. The lowest BCUT2D eigenvalue weighted by molar-refractivity contribution is -0.112. The van der Waals surface area contributed by atoms with Crippen LogP contribution >= 0.6 is 11.3 Å². The Bertz CT molecular complexity index is 1380. The summed E-state index contributed by atoms with van der Waals surface area (Å²) in [6, 6.07) is 19.7. The number of hydrogen-bond acceptors (Lipinski definition) is 7. The molecule has 0 radical (unpaired) electrons. The number of fused-ring (bicyclic) bond motifs is 1. The fraction of sp³-hybridized carbons (Fsp3) is 0. The zero-order valence-electron chi connectivity index (χ0n) is 15.3. The maximum atomic E-state index is 12.6. The number of furan rings is 1. The van der Waals surface area contributed by atoms with E-state index >= 15 is 0 Å². The van der Waals surface area contributed by atoms with Gasteiger partial charge in [0.1, 0.15) is 17.4 Å². The van der Waals surface area contributed by atoms with Crippen molar-refractivity contribution in [2.75, 3.05) is 5.32 Å². The van der Waals surface area contributed by atoms with Crippen LogP contribution in [0.1, 0.15) is 5.76 Å². The highest BCUT2D eigenvalue weighted by atomic mass is 32.2. The largest absolute Gasteiger partial charge is 0.445 e. The monoisotopic (exact) mass is 435 g/mol. The van der Waals surface area contributed by atoms with Gasteiger partial charge in [-0.3, -0.25) is 10.1 Å². The Morgan fingerprint density at radius 2 is 1.80 bits per heavy atom. The fourth-order valence-electron chi connectivity index (χ4n) is 2.65. The van der Waals surface area contributed by atoms with Crippen molar-refractivity contribution in [3.63, 3.8) is 0 Å². The van der Waals surface area contributed by atoms with Crippen LogP contribution < -0.4 is 5.32 Å². The van der Waals surface area contributed by atoms with E-state index in [9.17, 15) is 18.5 Å². The summed E-state index contributed by atoms with van der Waals surface area (Å²) in [6.45, 7) is 0. The van der Waals surface area contributed by atoms with E-state index in [0.717, 1.165) is 10.2 Å². The molecule has 9 heteroatoms. The second-order valence-electron chi connectivity index (χ2n) is 6.08. The predicted octanol–water partition coefficient (Wildman–Crippen LogP) is 4.27. The smallest absolute Gasteiger partial charge is 0.268 e. The predicted molar refractivity (Wildman–Crippen MR) is 112 cm³/mol. The van der Waals surface area contributed by atoms with E-state index in [2.05, 4.69) is 10.3 Å². The minimum Gasteiger partial charge on any atom is -0.445 e. The number of hydrogen-bond donors (Lipinski definition) is 1. The van der Waals surface area contributed by atoms with Crippen LogP contribution in [0, 0.1) is 11.3 Å². The minimum absolute atomic E-state index is 0.0699. The quantitative estimate of drug-likeness (QED) is 0.370. The molecule has 1 amide bonds. The second kappa shape index (κ2) is 7.94. The molecule has 0 saturated heterocycles. The molecule has 0 bridgehead atoms. The van der Waals surface area contributed by atoms with Gasteiger partial charge >= 0.3 is 0 Å². The van der Waals surface area contributed by atoms with Crippen LogP contribution in [0.5, 0.6) is 0 Å². The lowest BCUT2D eigenvalue weighted by Gasteiger charge is -2.00. The van der Waals surface area contributed by atoms with Gasteiger partial charge in [0.15, 0.2) is 5.13 Å². The van der Waals surface area contributed by atoms with Crippen LogP contribution in [0.3, 0.4) is 0 Å². The molecule has 148 valence electrons. The van der Waals surface area contributed by atoms with Crippen LogP contribution in [0.4, 0.5) is 5.13 Å². The SMILES string of the molecule is N#C/C(=C\c1ccc(S(=O)(=O)c2ccccc2)o1)C(=O)Nc1nc2ccccc2s1. The number of benzene rings is 2. The van der Waals surface area contributed by atoms with Gasteiger partial charge in [-0.1, -0.05) is 41.7 Å². The summed E-state index contributed by atoms with van der Waals surface area (Å²) in [7, 11) is -3.83. The first kappa shape index (κ1) is 19.6. The molecule has 0 spiro atoms. The van der Waals surface area contributed by atoms with E-state index in [1.54, 1.807) is 24.3 Å².